The Labute approximate surface area is 169 Å². The van der Waals surface area contributed by atoms with Crippen LogP contribution in [0.25, 0.3) is 0 Å². The molecule has 27 heavy (non-hydrogen) atoms. The molecule has 1 heterocycles. The zero-order valence-electron chi connectivity index (χ0n) is 15.2. The van der Waals surface area contributed by atoms with Crippen LogP contribution in [-0.4, -0.2) is 50.1 Å². The van der Waals surface area contributed by atoms with Crippen molar-refractivity contribution in [2.24, 2.45) is 5.73 Å². The van der Waals surface area contributed by atoms with Crippen molar-refractivity contribution < 1.29 is 9.53 Å². The van der Waals surface area contributed by atoms with Crippen LogP contribution in [0, 0.1) is 0 Å². The smallest absolute Gasteiger partial charge is 0.239 e. The third kappa shape index (κ3) is 4.86. The van der Waals surface area contributed by atoms with Gasteiger partial charge in [-0.2, -0.15) is 0 Å². The van der Waals surface area contributed by atoms with Gasteiger partial charge in [-0.3, -0.25) is 4.79 Å². The molecule has 0 aromatic heterocycles. The van der Waals surface area contributed by atoms with Crippen LogP contribution < -0.4 is 15.4 Å². The van der Waals surface area contributed by atoms with Crippen molar-refractivity contribution in [1.82, 2.24) is 4.90 Å². The molecule has 0 bridgehead atoms. The number of carbonyl (C=O) groups excluding carboxylic acids is 1. The molecule has 0 spiro atoms. The second-order valence-corrected chi connectivity index (χ2v) is 7.44. The molecule has 1 aliphatic rings. The molecule has 0 radical (unpaired) electrons. The van der Waals surface area contributed by atoms with Gasteiger partial charge >= 0.3 is 0 Å². The maximum atomic E-state index is 12.7. The fourth-order valence-electron chi connectivity index (χ4n) is 3.32. The molecule has 2 aromatic rings. The van der Waals surface area contributed by atoms with Crippen molar-refractivity contribution in [2.75, 3.05) is 38.2 Å². The third-order valence-electron chi connectivity index (χ3n) is 4.73. The van der Waals surface area contributed by atoms with Gasteiger partial charge in [-0.25, -0.2) is 0 Å². The van der Waals surface area contributed by atoms with E-state index < -0.39 is 6.04 Å². The highest BCUT2D eigenvalue weighted by atomic mass is 35.5. The number of amides is 1. The summed E-state index contributed by atoms with van der Waals surface area (Å²) in [5.74, 6) is 0.740. The van der Waals surface area contributed by atoms with Crippen LogP contribution >= 0.6 is 23.2 Å². The Kier molecular flexibility index (Phi) is 6.47. The number of nitrogens with zero attached hydrogens (tertiary/aromatic N) is 2. The van der Waals surface area contributed by atoms with Crippen LogP contribution in [0.1, 0.15) is 5.56 Å². The number of rotatable bonds is 5. The first-order chi connectivity index (χ1) is 13.0. The highest BCUT2D eigenvalue weighted by Gasteiger charge is 2.26. The molecule has 1 fully saturated rings. The maximum Gasteiger partial charge on any atom is 0.239 e. The second-order valence-electron chi connectivity index (χ2n) is 6.57. The van der Waals surface area contributed by atoms with Gasteiger partial charge in [-0.05, 0) is 42.3 Å². The van der Waals surface area contributed by atoms with Crippen molar-refractivity contribution in [3.05, 3.63) is 58.1 Å². The van der Waals surface area contributed by atoms with Gasteiger partial charge in [0, 0.05) is 36.2 Å². The largest absolute Gasteiger partial charge is 0.495 e. The Hall–Kier alpha value is -1.95. The summed E-state index contributed by atoms with van der Waals surface area (Å²) in [5.41, 5.74) is 8.06. The Morgan fingerprint density at radius 1 is 1.11 bits per heavy atom. The van der Waals surface area contributed by atoms with Gasteiger partial charge in [-0.15, -0.1) is 0 Å². The number of nitrogens with two attached hydrogens (primary N) is 1. The third-order valence-corrected chi connectivity index (χ3v) is 5.20. The Morgan fingerprint density at radius 3 is 2.48 bits per heavy atom. The van der Waals surface area contributed by atoms with Crippen molar-refractivity contribution in [2.45, 2.75) is 12.5 Å². The Balaban J connectivity index is 1.60. The van der Waals surface area contributed by atoms with Crippen LogP contribution in [0.4, 0.5) is 5.69 Å². The molecule has 7 heteroatoms. The number of halogens is 2. The summed E-state index contributed by atoms with van der Waals surface area (Å²) in [6.07, 6.45) is 0.474. The fraction of sp³-hybridized carbons (Fsp3) is 0.350. The lowest BCUT2D eigenvalue weighted by molar-refractivity contribution is -0.132. The number of piperazine rings is 1. The van der Waals surface area contributed by atoms with Crippen LogP contribution in [0.2, 0.25) is 10.0 Å². The summed E-state index contributed by atoms with van der Waals surface area (Å²) in [6, 6.07) is 12.4. The summed E-state index contributed by atoms with van der Waals surface area (Å²) in [7, 11) is 1.64. The molecule has 1 amide bonds. The molecular formula is C20H23Cl2N3O2. The normalized spacial score (nSPS) is 15.6. The predicted octanol–water partition coefficient (Wildman–Crippen LogP) is 3.22. The van der Waals surface area contributed by atoms with Gasteiger partial charge in [0.2, 0.25) is 5.91 Å². The van der Waals surface area contributed by atoms with Gasteiger partial charge in [0.05, 0.1) is 18.8 Å². The molecule has 3 rings (SSSR count). The van der Waals surface area contributed by atoms with E-state index in [2.05, 4.69) is 4.90 Å². The van der Waals surface area contributed by atoms with Crippen molar-refractivity contribution in [1.29, 1.82) is 0 Å². The SMILES string of the molecule is COc1ccc(Cl)cc1N1CCN(C(=O)C(N)Cc2cccc(Cl)c2)CC1. The topological polar surface area (TPSA) is 58.8 Å². The number of methoxy groups -OCH3 is 1. The Bertz CT molecular complexity index is 808. The predicted molar refractivity (Wildman–Crippen MR) is 110 cm³/mol. The van der Waals surface area contributed by atoms with Gasteiger partial charge in [0.15, 0.2) is 0 Å². The van der Waals surface area contributed by atoms with E-state index in [0.29, 0.717) is 42.6 Å². The fourth-order valence-corrected chi connectivity index (χ4v) is 3.70. The molecule has 1 atom stereocenters. The zero-order chi connectivity index (χ0) is 19.4. The molecule has 1 aliphatic heterocycles. The van der Waals surface area contributed by atoms with E-state index in [4.69, 9.17) is 33.7 Å². The monoisotopic (exact) mass is 407 g/mol. The number of anilines is 1. The minimum Gasteiger partial charge on any atom is -0.495 e. The summed E-state index contributed by atoms with van der Waals surface area (Å²) >= 11 is 12.1. The standard InChI is InChI=1S/C20H23Cl2N3O2/c1-27-19-6-5-16(22)13-18(19)24-7-9-25(10-8-24)20(26)17(23)12-14-3-2-4-15(21)11-14/h2-6,11,13,17H,7-10,12,23H2,1H3. The van der Waals surface area contributed by atoms with E-state index in [9.17, 15) is 4.79 Å². The van der Waals surface area contributed by atoms with Gasteiger partial charge in [0.1, 0.15) is 5.75 Å². The van der Waals surface area contributed by atoms with E-state index in [0.717, 1.165) is 17.0 Å². The van der Waals surface area contributed by atoms with Gasteiger partial charge < -0.3 is 20.3 Å². The zero-order valence-corrected chi connectivity index (χ0v) is 16.7. The number of hydrogen-bond acceptors (Lipinski definition) is 4. The number of carbonyl (C=O) groups is 1. The molecule has 2 aromatic carbocycles. The number of ether oxygens (including phenoxy) is 1. The first-order valence-corrected chi connectivity index (χ1v) is 9.61. The summed E-state index contributed by atoms with van der Waals surface area (Å²) < 4.78 is 5.43. The second kappa shape index (κ2) is 8.83. The van der Waals surface area contributed by atoms with Crippen LogP contribution in [0.5, 0.6) is 5.75 Å². The summed E-state index contributed by atoms with van der Waals surface area (Å²) in [6.45, 7) is 2.62. The molecule has 0 saturated carbocycles. The first kappa shape index (κ1) is 19.8. The van der Waals surface area contributed by atoms with Gasteiger partial charge in [-0.1, -0.05) is 35.3 Å². The molecule has 0 aliphatic carbocycles. The van der Waals surface area contributed by atoms with E-state index in [-0.39, 0.29) is 5.91 Å². The minimum atomic E-state index is -0.573. The summed E-state index contributed by atoms with van der Waals surface area (Å²) in [4.78, 5) is 16.7. The average molecular weight is 408 g/mol. The minimum absolute atomic E-state index is 0.0346. The van der Waals surface area contributed by atoms with Crippen LogP contribution in [0.15, 0.2) is 42.5 Å². The van der Waals surface area contributed by atoms with E-state index in [1.165, 1.54) is 0 Å². The lowest BCUT2D eigenvalue weighted by Crippen LogP contribution is -2.53. The van der Waals surface area contributed by atoms with Crippen LogP contribution in [0.3, 0.4) is 0 Å². The molecule has 144 valence electrons. The van der Waals surface area contributed by atoms with Crippen molar-refractivity contribution in [3.8, 4) is 5.75 Å². The van der Waals surface area contributed by atoms with Crippen molar-refractivity contribution >= 4 is 34.8 Å². The lowest BCUT2D eigenvalue weighted by Gasteiger charge is -2.37. The molecule has 2 N–H and O–H groups in total. The Morgan fingerprint density at radius 2 is 1.81 bits per heavy atom. The highest BCUT2D eigenvalue weighted by molar-refractivity contribution is 6.31. The molecule has 5 nitrogen and oxygen atoms in total. The van der Waals surface area contributed by atoms with E-state index in [1.54, 1.807) is 13.2 Å². The molecule has 1 unspecified atom stereocenters. The maximum absolute atomic E-state index is 12.7. The first-order valence-electron chi connectivity index (χ1n) is 8.85. The van der Waals surface area contributed by atoms with Crippen molar-refractivity contribution in [3.63, 3.8) is 0 Å². The number of hydrogen-bond donors (Lipinski definition) is 1. The average Bonchev–Trinajstić information content (AvgIpc) is 2.67. The quantitative estimate of drug-likeness (QED) is 0.826. The van der Waals surface area contributed by atoms with E-state index in [1.807, 2.05) is 41.3 Å². The highest BCUT2D eigenvalue weighted by Crippen LogP contribution is 2.31. The number of benzene rings is 2. The molecule has 1 saturated heterocycles. The molecular weight excluding hydrogens is 385 g/mol. The van der Waals surface area contributed by atoms with Gasteiger partial charge in [0.25, 0.3) is 0 Å². The summed E-state index contributed by atoms with van der Waals surface area (Å²) in [5, 5.41) is 1.31. The van der Waals surface area contributed by atoms with E-state index >= 15 is 0 Å². The lowest BCUT2D eigenvalue weighted by atomic mass is 10.1. The van der Waals surface area contributed by atoms with Crippen LogP contribution in [-0.2, 0) is 11.2 Å².